The van der Waals surface area contributed by atoms with Crippen molar-refractivity contribution in [2.45, 2.75) is 19.9 Å². The summed E-state index contributed by atoms with van der Waals surface area (Å²) in [5.74, 6) is 0.160. The van der Waals surface area contributed by atoms with Crippen LogP contribution < -0.4 is 5.32 Å². The van der Waals surface area contributed by atoms with Gasteiger partial charge in [0.05, 0.1) is 0 Å². The number of piperazine rings is 1. The molecule has 1 aromatic rings. The molecule has 2 rings (SSSR count). The highest BCUT2D eigenvalue weighted by Gasteiger charge is 2.31. The van der Waals surface area contributed by atoms with Crippen LogP contribution in [0.1, 0.15) is 25.5 Å². The van der Waals surface area contributed by atoms with Gasteiger partial charge in [0.2, 0.25) is 5.91 Å². The molecule has 0 spiro atoms. The predicted octanol–water partition coefficient (Wildman–Crippen LogP) is 2.15. The third-order valence-corrected chi connectivity index (χ3v) is 4.38. The third kappa shape index (κ3) is 3.76. The summed E-state index contributed by atoms with van der Waals surface area (Å²) in [6.45, 7) is 9.06. The number of carbonyl (C=O) groups excluding carboxylic acids is 1. The van der Waals surface area contributed by atoms with Crippen LogP contribution in [0.3, 0.4) is 0 Å². The van der Waals surface area contributed by atoms with E-state index in [4.69, 9.17) is 11.6 Å². The minimum absolute atomic E-state index is 0.160. The Hall–Kier alpha value is -1.10. The van der Waals surface area contributed by atoms with Crippen molar-refractivity contribution < 1.29 is 4.79 Å². The molecule has 1 N–H and O–H groups in total. The molecule has 1 amide bonds. The molecule has 1 atom stereocenters. The fraction of sp³-hybridized carbons (Fsp3) is 0.562. The van der Waals surface area contributed by atoms with E-state index in [0.29, 0.717) is 5.02 Å². The molecular formula is C16H24ClN3O. The Bertz CT molecular complexity index is 470. The highest BCUT2D eigenvalue weighted by molar-refractivity contribution is 6.31. The average Bonchev–Trinajstić information content (AvgIpc) is 2.54. The average molecular weight is 310 g/mol. The molecule has 5 heteroatoms. The minimum atomic E-state index is -0.285. The summed E-state index contributed by atoms with van der Waals surface area (Å²) in [4.78, 5) is 17.1. The molecule has 1 aromatic carbocycles. The van der Waals surface area contributed by atoms with E-state index in [1.165, 1.54) is 0 Å². The number of hydrogen-bond acceptors (Lipinski definition) is 3. The van der Waals surface area contributed by atoms with Crippen LogP contribution in [-0.2, 0) is 4.79 Å². The summed E-state index contributed by atoms with van der Waals surface area (Å²) >= 11 is 6.35. The molecule has 0 radical (unpaired) electrons. The quantitative estimate of drug-likeness (QED) is 0.905. The van der Waals surface area contributed by atoms with Crippen LogP contribution in [0.25, 0.3) is 0 Å². The summed E-state index contributed by atoms with van der Waals surface area (Å²) in [5, 5.41) is 3.95. The first-order valence-electron chi connectivity index (χ1n) is 7.67. The van der Waals surface area contributed by atoms with Crippen molar-refractivity contribution in [3.05, 3.63) is 34.9 Å². The van der Waals surface area contributed by atoms with Gasteiger partial charge < -0.3 is 10.2 Å². The van der Waals surface area contributed by atoms with Gasteiger partial charge >= 0.3 is 0 Å². The van der Waals surface area contributed by atoms with Crippen molar-refractivity contribution in [1.29, 1.82) is 0 Å². The monoisotopic (exact) mass is 309 g/mol. The summed E-state index contributed by atoms with van der Waals surface area (Å²) in [7, 11) is 0. The van der Waals surface area contributed by atoms with Crippen molar-refractivity contribution in [2.75, 3.05) is 39.3 Å². The maximum absolute atomic E-state index is 13.0. The zero-order valence-corrected chi connectivity index (χ0v) is 13.6. The van der Waals surface area contributed by atoms with E-state index in [1.807, 2.05) is 29.2 Å². The van der Waals surface area contributed by atoms with E-state index in [1.54, 1.807) is 0 Å². The number of rotatable bonds is 5. The Morgan fingerprint density at radius 2 is 1.90 bits per heavy atom. The van der Waals surface area contributed by atoms with Crippen molar-refractivity contribution in [1.82, 2.24) is 15.1 Å². The van der Waals surface area contributed by atoms with Gasteiger partial charge in [-0.3, -0.25) is 9.69 Å². The Balaban J connectivity index is 2.31. The smallest absolute Gasteiger partial charge is 0.244 e. The Morgan fingerprint density at radius 3 is 2.48 bits per heavy atom. The lowest BCUT2D eigenvalue weighted by Gasteiger charge is -2.36. The molecule has 0 aliphatic carbocycles. The molecule has 0 bridgehead atoms. The molecule has 1 unspecified atom stereocenters. The standard InChI is InChI=1S/C16H24ClN3O/c1-3-19(4-2)15(13-7-5-6-8-14(13)17)16(21)20-11-9-18-10-12-20/h5-8,15,18H,3-4,9-12H2,1-2H3. The molecule has 21 heavy (non-hydrogen) atoms. The summed E-state index contributed by atoms with van der Waals surface area (Å²) in [6.07, 6.45) is 0. The van der Waals surface area contributed by atoms with Crippen LogP contribution in [0.5, 0.6) is 0 Å². The molecule has 1 heterocycles. The van der Waals surface area contributed by atoms with Crippen LogP contribution in [-0.4, -0.2) is 55.0 Å². The van der Waals surface area contributed by atoms with Gasteiger partial charge in [-0.2, -0.15) is 0 Å². The second-order valence-electron chi connectivity index (χ2n) is 5.22. The minimum Gasteiger partial charge on any atom is -0.338 e. The van der Waals surface area contributed by atoms with Gasteiger partial charge in [0.25, 0.3) is 0 Å². The van der Waals surface area contributed by atoms with Crippen LogP contribution >= 0.6 is 11.6 Å². The molecule has 1 aliphatic rings. The van der Waals surface area contributed by atoms with E-state index in [0.717, 1.165) is 44.8 Å². The van der Waals surface area contributed by atoms with Crippen molar-refractivity contribution in [3.63, 3.8) is 0 Å². The third-order valence-electron chi connectivity index (χ3n) is 4.04. The second kappa shape index (κ2) is 7.78. The lowest BCUT2D eigenvalue weighted by atomic mass is 10.0. The Morgan fingerprint density at radius 1 is 1.29 bits per heavy atom. The molecule has 0 aromatic heterocycles. The highest BCUT2D eigenvalue weighted by atomic mass is 35.5. The van der Waals surface area contributed by atoms with Crippen molar-refractivity contribution in [2.24, 2.45) is 0 Å². The zero-order valence-electron chi connectivity index (χ0n) is 12.8. The predicted molar refractivity (Wildman–Crippen MR) is 86.6 cm³/mol. The fourth-order valence-corrected chi connectivity index (χ4v) is 3.07. The molecule has 1 fully saturated rings. The maximum atomic E-state index is 13.0. The molecule has 116 valence electrons. The zero-order chi connectivity index (χ0) is 15.2. The number of hydrogen-bond donors (Lipinski definition) is 1. The van der Waals surface area contributed by atoms with Gasteiger partial charge in [-0.25, -0.2) is 0 Å². The van der Waals surface area contributed by atoms with Gasteiger partial charge in [-0.15, -0.1) is 0 Å². The first-order chi connectivity index (χ1) is 10.2. The van der Waals surface area contributed by atoms with Crippen molar-refractivity contribution in [3.8, 4) is 0 Å². The van der Waals surface area contributed by atoms with Crippen LogP contribution in [0, 0.1) is 0 Å². The van der Waals surface area contributed by atoms with Crippen LogP contribution in [0.4, 0.5) is 0 Å². The van der Waals surface area contributed by atoms with E-state index in [9.17, 15) is 4.79 Å². The van der Waals surface area contributed by atoms with Gasteiger partial charge in [-0.1, -0.05) is 43.6 Å². The lowest BCUT2D eigenvalue weighted by Crippen LogP contribution is -2.50. The van der Waals surface area contributed by atoms with Crippen LogP contribution in [0.2, 0.25) is 5.02 Å². The lowest BCUT2D eigenvalue weighted by molar-refractivity contribution is -0.137. The largest absolute Gasteiger partial charge is 0.338 e. The number of carbonyl (C=O) groups is 1. The number of nitrogens with one attached hydrogen (secondary N) is 1. The van der Waals surface area contributed by atoms with E-state index >= 15 is 0 Å². The summed E-state index contributed by atoms with van der Waals surface area (Å²) in [6, 6.07) is 7.39. The first-order valence-corrected chi connectivity index (χ1v) is 8.04. The number of amides is 1. The molecule has 1 saturated heterocycles. The Labute approximate surface area is 132 Å². The highest BCUT2D eigenvalue weighted by Crippen LogP contribution is 2.29. The number of nitrogens with zero attached hydrogens (tertiary/aromatic N) is 2. The van der Waals surface area contributed by atoms with Crippen molar-refractivity contribution >= 4 is 17.5 Å². The maximum Gasteiger partial charge on any atom is 0.244 e. The number of likely N-dealkylation sites (N-methyl/N-ethyl adjacent to an activating group) is 1. The van der Waals surface area contributed by atoms with E-state index < -0.39 is 0 Å². The van der Waals surface area contributed by atoms with E-state index in [-0.39, 0.29) is 11.9 Å². The summed E-state index contributed by atoms with van der Waals surface area (Å²) < 4.78 is 0. The molecule has 1 aliphatic heterocycles. The topological polar surface area (TPSA) is 35.6 Å². The van der Waals surface area contributed by atoms with Gasteiger partial charge in [-0.05, 0) is 24.7 Å². The number of halogens is 1. The fourth-order valence-electron chi connectivity index (χ4n) is 2.83. The first kappa shape index (κ1) is 16.3. The normalized spacial score (nSPS) is 17.0. The second-order valence-corrected chi connectivity index (χ2v) is 5.63. The SMILES string of the molecule is CCN(CC)C(C(=O)N1CCNCC1)c1ccccc1Cl. The van der Waals surface area contributed by atoms with E-state index in [2.05, 4.69) is 24.1 Å². The van der Waals surface area contributed by atoms with Gasteiger partial charge in [0.1, 0.15) is 6.04 Å². The molecule has 0 saturated carbocycles. The van der Waals surface area contributed by atoms with Crippen LogP contribution in [0.15, 0.2) is 24.3 Å². The van der Waals surface area contributed by atoms with Gasteiger partial charge in [0.15, 0.2) is 0 Å². The number of benzene rings is 1. The summed E-state index contributed by atoms with van der Waals surface area (Å²) in [5.41, 5.74) is 0.909. The Kier molecular flexibility index (Phi) is 6.03. The molecular weight excluding hydrogens is 286 g/mol. The molecule has 4 nitrogen and oxygen atoms in total. The van der Waals surface area contributed by atoms with Gasteiger partial charge in [0, 0.05) is 31.2 Å².